The van der Waals surface area contributed by atoms with Crippen LogP contribution in [-0.2, 0) is 23.0 Å². The van der Waals surface area contributed by atoms with Gasteiger partial charge in [-0.2, -0.15) is 4.31 Å². The maximum atomic E-state index is 13.4. The second-order valence-corrected chi connectivity index (χ2v) is 9.22. The lowest BCUT2D eigenvalue weighted by molar-refractivity contribution is 0.330. The Bertz CT molecular complexity index is 959. The van der Waals surface area contributed by atoms with E-state index in [9.17, 15) is 12.8 Å². The summed E-state index contributed by atoms with van der Waals surface area (Å²) in [6.45, 7) is 4.62. The predicted molar refractivity (Wildman–Crippen MR) is 98.2 cm³/mol. The fourth-order valence-electron chi connectivity index (χ4n) is 4.01. The Hall–Kier alpha value is -1.84. The van der Waals surface area contributed by atoms with E-state index in [2.05, 4.69) is 26.7 Å². The standard InChI is InChI=1S/C18H24FN5O2S/c1-13-12-14(19)5-6-16(13)27(25,26)24-8-3-4-15(24)18-21-20-17-7-9-22(2)10-11-23(17)18/h5-6,12,15H,3-4,7-11H2,1-2H3. The zero-order valence-electron chi connectivity index (χ0n) is 15.6. The number of benzene rings is 1. The fourth-order valence-corrected chi connectivity index (χ4v) is 5.87. The summed E-state index contributed by atoms with van der Waals surface area (Å²) in [5, 5.41) is 8.70. The van der Waals surface area contributed by atoms with E-state index < -0.39 is 15.8 Å². The quantitative estimate of drug-likeness (QED) is 0.794. The minimum Gasteiger partial charge on any atom is -0.312 e. The van der Waals surface area contributed by atoms with Crippen molar-refractivity contribution < 1.29 is 12.8 Å². The second kappa shape index (κ2) is 6.96. The highest BCUT2D eigenvalue weighted by Gasteiger charge is 2.40. The van der Waals surface area contributed by atoms with Gasteiger partial charge >= 0.3 is 0 Å². The van der Waals surface area contributed by atoms with Crippen LogP contribution in [0.5, 0.6) is 0 Å². The Morgan fingerprint density at radius 1 is 1.15 bits per heavy atom. The number of likely N-dealkylation sites (N-methyl/N-ethyl adjacent to an activating group) is 1. The number of hydrogen-bond donors (Lipinski definition) is 0. The summed E-state index contributed by atoms with van der Waals surface area (Å²) >= 11 is 0. The van der Waals surface area contributed by atoms with Crippen LogP contribution < -0.4 is 0 Å². The van der Waals surface area contributed by atoms with E-state index in [0.29, 0.717) is 18.5 Å². The number of aromatic nitrogens is 3. The third kappa shape index (κ3) is 3.28. The summed E-state index contributed by atoms with van der Waals surface area (Å²) in [5.74, 6) is 1.20. The van der Waals surface area contributed by atoms with Crippen molar-refractivity contribution in [3.63, 3.8) is 0 Å². The van der Waals surface area contributed by atoms with Crippen LogP contribution in [0.25, 0.3) is 0 Å². The van der Waals surface area contributed by atoms with Gasteiger partial charge in [-0.3, -0.25) is 0 Å². The highest BCUT2D eigenvalue weighted by molar-refractivity contribution is 7.89. The lowest BCUT2D eigenvalue weighted by atomic mass is 10.2. The van der Waals surface area contributed by atoms with Gasteiger partial charge in [-0.25, -0.2) is 12.8 Å². The molecule has 0 amide bonds. The molecule has 0 aliphatic carbocycles. The van der Waals surface area contributed by atoms with Crippen LogP contribution in [0.4, 0.5) is 4.39 Å². The Kier molecular flexibility index (Phi) is 4.77. The van der Waals surface area contributed by atoms with Gasteiger partial charge in [-0.05, 0) is 50.6 Å². The molecule has 0 radical (unpaired) electrons. The van der Waals surface area contributed by atoms with Crippen LogP contribution in [0.15, 0.2) is 23.1 Å². The molecule has 146 valence electrons. The molecule has 1 aromatic carbocycles. The second-order valence-electron chi connectivity index (χ2n) is 7.36. The lowest BCUT2D eigenvalue weighted by Crippen LogP contribution is -2.33. The van der Waals surface area contributed by atoms with E-state index in [1.54, 1.807) is 6.92 Å². The van der Waals surface area contributed by atoms with Crippen molar-refractivity contribution in [2.45, 2.75) is 43.7 Å². The monoisotopic (exact) mass is 393 g/mol. The molecule has 2 aromatic rings. The van der Waals surface area contributed by atoms with Crippen molar-refractivity contribution in [3.8, 4) is 0 Å². The molecule has 9 heteroatoms. The number of sulfonamides is 1. The summed E-state index contributed by atoms with van der Waals surface area (Å²) in [6, 6.07) is 3.49. The Balaban J connectivity index is 1.70. The zero-order chi connectivity index (χ0) is 19.2. The SMILES string of the molecule is Cc1cc(F)ccc1S(=O)(=O)N1CCCC1c1nnc2n1CCN(C)CC2. The average molecular weight is 393 g/mol. The highest BCUT2D eigenvalue weighted by Crippen LogP contribution is 2.37. The van der Waals surface area contributed by atoms with Gasteiger partial charge in [0.05, 0.1) is 10.9 Å². The van der Waals surface area contributed by atoms with Gasteiger partial charge in [-0.1, -0.05) is 0 Å². The zero-order valence-corrected chi connectivity index (χ0v) is 16.4. The van der Waals surface area contributed by atoms with Crippen LogP contribution in [0, 0.1) is 12.7 Å². The smallest absolute Gasteiger partial charge is 0.244 e. The summed E-state index contributed by atoms with van der Waals surface area (Å²) < 4.78 is 43.6. The van der Waals surface area contributed by atoms with Crippen molar-refractivity contribution >= 4 is 10.0 Å². The lowest BCUT2D eigenvalue weighted by Gasteiger charge is -2.25. The van der Waals surface area contributed by atoms with E-state index in [1.165, 1.54) is 22.5 Å². The van der Waals surface area contributed by atoms with E-state index in [0.717, 1.165) is 44.1 Å². The molecule has 0 saturated carbocycles. The average Bonchev–Trinajstić information content (AvgIpc) is 3.20. The molecule has 1 fully saturated rings. The Morgan fingerprint density at radius 2 is 1.96 bits per heavy atom. The van der Waals surface area contributed by atoms with E-state index in [4.69, 9.17) is 0 Å². The third-order valence-electron chi connectivity index (χ3n) is 5.50. The number of nitrogens with zero attached hydrogens (tertiary/aromatic N) is 5. The molecule has 0 spiro atoms. The van der Waals surface area contributed by atoms with Gasteiger partial charge in [0.2, 0.25) is 10.0 Å². The van der Waals surface area contributed by atoms with E-state index in [-0.39, 0.29) is 10.9 Å². The fraction of sp³-hybridized carbons (Fsp3) is 0.556. The first-order chi connectivity index (χ1) is 12.9. The molecule has 2 aliphatic heterocycles. The summed E-state index contributed by atoms with van der Waals surface area (Å²) in [6.07, 6.45) is 2.29. The van der Waals surface area contributed by atoms with Crippen LogP contribution in [0.3, 0.4) is 0 Å². The van der Waals surface area contributed by atoms with Crippen LogP contribution in [-0.4, -0.2) is 59.1 Å². The molecule has 1 saturated heterocycles. The maximum Gasteiger partial charge on any atom is 0.244 e. The van der Waals surface area contributed by atoms with Crippen LogP contribution in [0.2, 0.25) is 0 Å². The van der Waals surface area contributed by atoms with Crippen LogP contribution >= 0.6 is 0 Å². The summed E-state index contributed by atoms with van der Waals surface area (Å²) in [5.41, 5.74) is 0.419. The van der Waals surface area contributed by atoms with Gasteiger partial charge in [0.15, 0.2) is 5.82 Å². The third-order valence-corrected chi connectivity index (χ3v) is 7.57. The van der Waals surface area contributed by atoms with Gasteiger partial charge in [-0.15, -0.1) is 10.2 Å². The van der Waals surface area contributed by atoms with Gasteiger partial charge < -0.3 is 9.47 Å². The molecule has 2 aliphatic rings. The van der Waals surface area contributed by atoms with E-state index in [1.807, 2.05) is 0 Å². The normalized spacial score (nSPS) is 22.0. The molecule has 3 heterocycles. The van der Waals surface area contributed by atoms with Gasteiger partial charge in [0.1, 0.15) is 11.6 Å². The molecule has 7 nitrogen and oxygen atoms in total. The Labute approximate surface area is 158 Å². The first-order valence-electron chi connectivity index (χ1n) is 9.26. The van der Waals surface area contributed by atoms with Crippen molar-refractivity contribution in [1.82, 2.24) is 24.0 Å². The van der Waals surface area contributed by atoms with Crippen molar-refractivity contribution in [2.75, 3.05) is 26.7 Å². The number of halogens is 1. The summed E-state index contributed by atoms with van der Waals surface area (Å²) in [4.78, 5) is 2.40. The topological polar surface area (TPSA) is 71.3 Å². The molecule has 0 N–H and O–H groups in total. The molecular formula is C18H24FN5O2S. The minimum atomic E-state index is -3.73. The van der Waals surface area contributed by atoms with Crippen molar-refractivity contribution in [3.05, 3.63) is 41.2 Å². The largest absolute Gasteiger partial charge is 0.312 e. The number of fused-ring (bicyclic) bond motifs is 1. The van der Waals surface area contributed by atoms with Crippen LogP contribution in [0.1, 0.15) is 36.1 Å². The first kappa shape index (κ1) is 18.5. The Morgan fingerprint density at radius 3 is 2.74 bits per heavy atom. The predicted octanol–water partition coefficient (Wildman–Crippen LogP) is 1.74. The molecular weight excluding hydrogens is 369 g/mol. The minimum absolute atomic E-state index is 0.158. The van der Waals surface area contributed by atoms with E-state index >= 15 is 0 Å². The molecule has 0 bridgehead atoms. The van der Waals surface area contributed by atoms with Gasteiger partial charge in [0.25, 0.3) is 0 Å². The number of hydrogen-bond acceptors (Lipinski definition) is 5. The summed E-state index contributed by atoms with van der Waals surface area (Å²) in [7, 11) is -1.66. The number of rotatable bonds is 3. The molecule has 1 aromatic heterocycles. The molecule has 1 unspecified atom stereocenters. The van der Waals surface area contributed by atoms with Crippen molar-refractivity contribution in [2.24, 2.45) is 0 Å². The first-order valence-corrected chi connectivity index (χ1v) is 10.7. The molecule has 27 heavy (non-hydrogen) atoms. The molecule has 4 rings (SSSR count). The number of aryl methyl sites for hydroxylation is 1. The maximum absolute atomic E-state index is 13.4. The van der Waals surface area contributed by atoms with Gasteiger partial charge in [0, 0.05) is 32.6 Å². The van der Waals surface area contributed by atoms with Crippen molar-refractivity contribution in [1.29, 1.82) is 0 Å². The molecule has 1 atom stereocenters. The highest BCUT2D eigenvalue weighted by atomic mass is 32.2.